The molecule has 1 atom stereocenters. The van der Waals surface area contributed by atoms with E-state index in [9.17, 15) is 0 Å². The molecule has 2 rings (SSSR count). The molecule has 1 aromatic rings. The van der Waals surface area contributed by atoms with Gasteiger partial charge in [0, 0.05) is 45.3 Å². The van der Waals surface area contributed by atoms with Gasteiger partial charge in [0.2, 0.25) is 0 Å². The molecule has 0 amide bonds. The van der Waals surface area contributed by atoms with Crippen molar-refractivity contribution in [1.29, 1.82) is 0 Å². The summed E-state index contributed by atoms with van der Waals surface area (Å²) in [6.45, 7) is 10.9. The molecule has 0 spiro atoms. The van der Waals surface area contributed by atoms with Crippen molar-refractivity contribution < 1.29 is 0 Å². The van der Waals surface area contributed by atoms with Gasteiger partial charge in [0.25, 0.3) is 0 Å². The third kappa shape index (κ3) is 4.03. The van der Waals surface area contributed by atoms with Gasteiger partial charge in [0.15, 0.2) is 0 Å². The lowest BCUT2D eigenvalue weighted by atomic mass is 10.1. The van der Waals surface area contributed by atoms with Gasteiger partial charge in [-0.05, 0) is 18.9 Å². The van der Waals surface area contributed by atoms with Crippen LogP contribution in [0, 0.1) is 6.92 Å². The molecule has 1 fully saturated rings. The van der Waals surface area contributed by atoms with Crippen LogP contribution < -0.4 is 5.73 Å². The predicted molar refractivity (Wildman–Crippen MR) is 81.2 cm³/mol. The summed E-state index contributed by atoms with van der Waals surface area (Å²) in [6, 6.07) is 9.47. The van der Waals surface area contributed by atoms with Crippen molar-refractivity contribution in [1.82, 2.24) is 9.80 Å². The second-order valence-corrected chi connectivity index (χ2v) is 5.60. The highest BCUT2D eigenvalue weighted by molar-refractivity contribution is 5.21. The molecule has 1 aliphatic rings. The Morgan fingerprint density at radius 1 is 1.11 bits per heavy atom. The van der Waals surface area contributed by atoms with E-state index in [4.69, 9.17) is 5.73 Å². The zero-order valence-corrected chi connectivity index (χ0v) is 12.3. The van der Waals surface area contributed by atoms with Crippen molar-refractivity contribution in [3.8, 4) is 0 Å². The van der Waals surface area contributed by atoms with Gasteiger partial charge in [0.05, 0.1) is 0 Å². The summed E-state index contributed by atoms with van der Waals surface area (Å²) in [5.74, 6) is 0. The predicted octanol–water partition coefficient (Wildman–Crippen LogP) is 1.85. The van der Waals surface area contributed by atoms with Crippen LogP contribution in [0.25, 0.3) is 0 Å². The van der Waals surface area contributed by atoms with Gasteiger partial charge in [-0.15, -0.1) is 0 Å². The average molecular weight is 261 g/mol. The average Bonchev–Trinajstić information content (AvgIpc) is 2.44. The van der Waals surface area contributed by atoms with E-state index < -0.39 is 0 Å². The molecule has 19 heavy (non-hydrogen) atoms. The van der Waals surface area contributed by atoms with E-state index >= 15 is 0 Å². The normalized spacial score (nSPS) is 19.5. The molecule has 1 unspecified atom stereocenters. The highest BCUT2D eigenvalue weighted by Crippen LogP contribution is 2.12. The van der Waals surface area contributed by atoms with Gasteiger partial charge < -0.3 is 5.73 Å². The Hall–Kier alpha value is -0.900. The van der Waals surface area contributed by atoms with E-state index in [0.29, 0.717) is 6.04 Å². The number of benzene rings is 1. The molecule has 0 aromatic heterocycles. The van der Waals surface area contributed by atoms with Crippen molar-refractivity contribution in [2.75, 3.05) is 32.7 Å². The Morgan fingerprint density at radius 2 is 1.74 bits per heavy atom. The van der Waals surface area contributed by atoms with Crippen LogP contribution in [0.4, 0.5) is 0 Å². The molecule has 1 aromatic carbocycles. The Morgan fingerprint density at radius 3 is 2.26 bits per heavy atom. The highest BCUT2D eigenvalue weighted by atomic mass is 15.3. The maximum Gasteiger partial charge on any atom is 0.0234 e. The summed E-state index contributed by atoms with van der Waals surface area (Å²) >= 11 is 0. The fourth-order valence-corrected chi connectivity index (χ4v) is 2.81. The first kappa shape index (κ1) is 14.5. The standard InChI is InChI=1S/C16H27N3/c1-3-16(12-17)19-10-8-18(9-11-19)13-15-6-4-14(2)5-7-15/h4-7,16H,3,8-13,17H2,1-2H3. The number of nitrogens with two attached hydrogens (primary N) is 1. The van der Waals surface area contributed by atoms with Gasteiger partial charge in [-0.2, -0.15) is 0 Å². The minimum absolute atomic E-state index is 0.571. The fraction of sp³-hybridized carbons (Fsp3) is 0.625. The van der Waals surface area contributed by atoms with Crippen LogP contribution in [0.3, 0.4) is 0 Å². The molecule has 0 saturated carbocycles. The Balaban J connectivity index is 1.81. The van der Waals surface area contributed by atoms with Crippen LogP contribution in [0.15, 0.2) is 24.3 Å². The molecular weight excluding hydrogens is 234 g/mol. The molecule has 2 N–H and O–H groups in total. The molecule has 1 saturated heterocycles. The van der Waals surface area contributed by atoms with Gasteiger partial charge in [0.1, 0.15) is 0 Å². The van der Waals surface area contributed by atoms with Gasteiger partial charge >= 0.3 is 0 Å². The molecule has 1 heterocycles. The van der Waals surface area contributed by atoms with Crippen LogP contribution in [-0.2, 0) is 6.54 Å². The van der Waals surface area contributed by atoms with Crippen molar-refractivity contribution in [2.24, 2.45) is 5.73 Å². The summed E-state index contributed by atoms with van der Waals surface area (Å²) in [5, 5.41) is 0. The van der Waals surface area contributed by atoms with Crippen molar-refractivity contribution in [3.05, 3.63) is 35.4 Å². The van der Waals surface area contributed by atoms with E-state index in [1.165, 1.54) is 11.1 Å². The lowest BCUT2D eigenvalue weighted by molar-refractivity contribution is 0.0926. The number of piperazine rings is 1. The smallest absolute Gasteiger partial charge is 0.0234 e. The monoisotopic (exact) mass is 261 g/mol. The molecule has 0 aliphatic carbocycles. The summed E-state index contributed by atoms with van der Waals surface area (Å²) in [4.78, 5) is 5.09. The highest BCUT2D eigenvalue weighted by Gasteiger charge is 2.21. The third-order valence-electron chi connectivity index (χ3n) is 4.19. The first-order valence-electron chi connectivity index (χ1n) is 7.45. The maximum atomic E-state index is 5.83. The largest absolute Gasteiger partial charge is 0.329 e. The van der Waals surface area contributed by atoms with E-state index in [1.807, 2.05) is 0 Å². The topological polar surface area (TPSA) is 32.5 Å². The number of hydrogen-bond donors (Lipinski definition) is 1. The van der Waals surface area contributed by atoms with Crippen LogP contribution in [0.5, 0.6) is 0 Å². The van der Waals surface area contributed by atoms with E-state index in [1.54, 1.807) is 0 Å². The van der Waals surface area contributed by atoms with Crippen LogP contribution in [0.2, 0.25) is 0 Å². The second kappa shape index (κ2) is 7.04. The lowest BCUT2D eigenvalue weighted by Gasteiger charge is -2.38. The van der Waals surface area contributed by atoms with Crippen molar-refractivity contribution in [2.45, 2.75) is 32.9 Å². The number of rotatable bonds is 5. The quantitative estimate of drug-likeness (QED) is 0.878. The first-order valence-corrected chi connectivity index (χ1v) is 7.45. The third-order valence-corrected chi connectivity index (χ3v) is 4.19. The summed E-state index contributed by atoms with van der Waals surface area (Å²) in [5.41, 5.74) is 8.59. The second-order valence-electron chi connectivity index (χ2n) is 5.60. The number of aryl methyl sites for hydroxylation is 1. The van der Waals surface area contributed by atoms with E-state index in [-0.39, 0.29) is 0 Å². The molecule has 106 valence electrons. The van der Waals surface area contributed by atoms with Gasteiger partial charge in [-0.1, -0.05) is 36.8 Å². The number of hydrogen-bond acceptors (Lipinski definition) is 3. The minimum atomic E-state index is 0.571. The zero-order chi connectivity index (χ0) is 13.7. The molecule has 3 heteroatoms. The molecule has 0 radical (unpaired) electrons. The minimum Gasteiger partial charge on any atom is -0.329 e. The Kier molecular flexibility index (Phi) is 5.37. The van der Waals surface area contributed by atoms with Crippen molar-refractivity contribution >= 4 is 0 Å². The van der Waals surface area contributed by atoms with E-state index in [2.05, 4.69) is 47.9 Å². The first-order chi connectivity index (χ1) is 9.22. The molecular formula is C16H27N3. The summed E-state index contributed by atoms with van der Waals surface area (Å²) < 4.78 is 0. The van der Waals surface area contributed by atoms with Crippen LogP contribution in [0.1, 0.15) is 24.5 Å². The van der Waals surface area contributed by atoms with Crippen LogP contribution in [-0.4, -0.2) is 48.6 Å². The maximum absolute atomic E-state index is 5.83. The number of nitrogens with zero attached hydrogens (tertiary/aromatic N) is 2. The lowest BCUT2D eigenvalue weighted by Crippen LogP contribution is -2.51. The van der Waals surface area contributed by atoms with Crippen molar-refractivity contribution in [3.63, 3.8) is 0 Å². The molecule has 1 aliphatic heterocycles. The molecule has 0 bridgehead atoms. The Bertz CT molecular complexity index is 362. The van der Waals surface area contributed by atoms with E-state index in [0.717, 1.165) is 45.7 Å². The Labute approximate surface area is 117 Å². The summed E-state index contributed by atoms with van der Waals surface area (Å²) in [7, 11) is 0. The fourth-order valence-electron chi connectivity index (χ4n) is 2.81. The molecule has 3 nitrogen and oxygen atoms in total. The summed E-state index contributed by atoms with van der Waals surface area (Å²) in [6.07, 6.45) is 1.16. The SMILES string of the molecule is CCC(CN)N1CCN(Cc2ccc(C)cc2)CC1. The van der Waals surface area contributed by atoms with Crippen LogP contribution >= 0.6 is 0 Å². The van der Waals surface area contributed by atoms with Gasteiger partial charge in [-0.3, -0.25) is 9.80 Å². The van der Waals surface area contributed by atoms with Gasteiger partial charge in [-0.25, -0.2) is 0 Å². The zero-order valence-electron chi connectivity index (χ0n) is 12.3.